The summed E-state index contributed by atoms with van der Waals surface area (Å²) >= 11 is 0. The summed E-state index contributed by atoms with van der Waals surface area (Å²) in [5.74, 6) is 0.257. The van der Waals surface area contributed by atoms with E-state index in [9.17, 15) is 0 Å². The van der Waals surface area contributed by atoms with Crippen LogP contribution in [0.3, 0.4) is 0 Å². The highest BCUT2D eigenvalue weighted by atomic mass is 16.3. The maximum Gasteiger partial charge on any atom is 0.176 e. The summed E-state index contributed by atoms with van der Waals surface area (Å²) in [5.41, 5.74) is 4.24. The molecule has 0 saturated heterocycles. The van der Waals surface area contributed by atoms with Gasteiger partial charge in [0.1, 0.15) is 0 Å². The lowest BCUT2D eigenvalue weighted by molar-refractivity contribution is -0.256. The fourth-order valence-corrected chi connectivity index (χ4v) is 0.511. The van der Waals surface area contributed by atoms with Crippen molar-refractivity contribution in [1.29, 1.82) is 0 Å². The van der Waals surface area contributed by atoms with Gasteiger partial charge in [0, 0.05) is 6.07 Å². The molecule has 0 bridgehead atoms. The maximum absolute atomic E-state index is 8.86. The molecule has 0 radical (unpaired) electrons. The number of quaternary nitrogens is 1. The van der Waals surface area contributed by atoms with Gasteiger partial charge in [-0.25, -0.2) is 0 Å². The minimum Gasteiger partial charge on any atom is -0.503 e. The third-order valence-corrected chi connectivity index (χ3v) is 0.992. The standard InChI is InChI=1S/C6H7NO/c7-5-3-1-2-4-6(5)8/h1-4,8H,7H2/p+1. The molecule has 2 heteroatoms. The van der Waals surface area contributed by atoms with Crippen LogP contribution in [-0.2, 0) is 0 Å². The summed E-state index contributed by atoms with van der Waals surface area (Å²) < 4.78 is 0. The molecule has 4 N–H and O–H groups in total. The third-order valence-electron chi connectivity index (χ3n) is 0.992. The average molecular weight is 110 g/mol. The van der Waals surface area contributed by atoms with E-state index in [-0.39, 0.29) is 5.75 Å². The minimum atomic E-state index is 0.257. The molecule has 42 valence electrons. The van der Waals surface area contributed by atoms with E-state index >= 15 is 0 Å². The number of aromatic hydroxyl groups is 1. The number of phenols is 1. The highest BCUT2D eigenvalue weighted by molar-refractivity contribution is 5.42. The van der Waals surface area contributed by atoms with Crippen molar-refractivity contribution < 1.29 is 10.8 Å². The Labute approximate surface area is 47.6 Å². The van der Waals surface area contributed by atoms with Gasteiger partial charge in [0.15, 0.2) is 11.4 Å². The summed E-state index contributed by atoms with van der Waals surface area (Å²) in [6.45, 7) is 0. The Morgan fingerprint density at radius 1 is 1.25 bits per heavy atom. The predicted octanol–water partition coefficient (Wildman–Crippen LogP) is 0.266. The molecule has 0 atom stereocenters. The third kappa shape index (κ3) is 0.792. The molecule has 8 heavy (non-hydrogen) atoms. The topological polar surface area (TPSA) is 47.9 Å². The van der Waals surface area contributed by atoms with Gasteiger partial charge < -0.3 is 10.8 Å². The normalized spacial score (nSPS) is 9.12. The summed E-state index contributed by atoms with van der Waals surface area (Å²) in [6, 6.07) is 6.98. The lowest BCUT2D eigenvalue weighted by Crippen LogP contribution is -2.39. The molecule has 0 amide bonds. The van der Waals surface area contributed by atoms with Crippen molar-refractivity contribution >= 4 is 5.69 Å². The van der Waals surface area contributed by atoms with Crippen LogP contribution in [0.2, 0.25) is 0 Å². The smallest absolute Gasteiger partial charge is 0.176 e. The van der Waals surface area contributed by atoms with Crippen molar-refractivity contribution in [3.05, 3.63) is 24.3 Å². The molecule has 0 heterocycles. The van der Waals surface area contributed by atoms with Crippen molar-refractivity contribution in [2.24, 2.45) is 0 Å². The molecule has 0 aliphatic heterocycles. The van der Waals surface area contributed by atoms with Crippen molar-refractivity contribution in [3.63, 3.8) is 0 Å². The van der Waals surface area contributed by atoms with Gasteiger partial charge in [-0.05, 0) is 6.07 Å². The summed E-state index contributed by atoms with van der Waals surface area (Å²) in [7, 11) is 0. The lowest BCUT2D eigenvalue weighted by atomic mass is 10.3. The number of rotatable bonds is 0. The van der Waals surface area contributed by atoms with Crippen molar-refractivity contribution in [2.45, 2.75) is 0 Å². The Balaban J connectivity index is 3.13. The van der Waals surface area contributed by atoms with E-state index in [2.05, 4.69) is 5.73 Å². The molecule has 0 fully saturated rings. The SMILES string of the molecule is [NH3+]c1ccccc1O. The van der Waals surface area contributed by atoms with Crippen molar-refractivity contribution in [3.8, 4) is 5.75 Å². The van der Waals surface area contributed by atoms with Crippen LogP contribution in [0.1, 0.15) is 0 Å². The first-order chi connectivity index (χ1) is 3.80. The highest BCUT2D eigenvalue weighted by Gasteiger charge is 1.92. The number of phenolic OH excluding ortho intramolecular Hbond substituents is 1. The van der Waals surface area contributed by atoms with Gasteiger partial charge in [0.05, 0.1) is 0 Å². The predicted molar refractivity (Wildman–Crippen MR) is 30.7 cm³/mol. The average Bonchev–Trinajstić information content (AvgIpc) is 1.77. The maximum atomic E-state index is 8.86. The Morgan fingerprint density at radius 3 is 2.25 bits per heavy atom. The van der Waals surface area contributed by atoms with Crippen LogP contribution in [0.5, 0.6) is 5.75 Å². The zero-order valence-electron chi connectivity index (χ0n) is 4.46. The molecule has 0 aromatic heterocycles. The van der Waals surface area contributed by atoms with Gasteiger partial charge in [-0.3, -0.25) is 0 Å². The zero-order chi connectivity index (χ0) is 5.98. The van der Waals surface area contributed by atoms with E-state index in [0.29, 0.717) is 5.69 Å². The van der Waals surface area contributed by atoms with Gasteiger partial charge >= 0.3 is 0 Å². The van der Waals surface area contributed by atoms with Gasteiger partial charge in [0.2, 0.25) is 0 Å². The number of para-hydroxylation sites is 1. The van der Waals surface area contributed by atoms with E-state index in [1.54, 1.807) is 18.2 Å². The Bertz CT molecular complexity index is 165. The Morgan fingerprint density at radius 2 is 1.88 bits per heavy atom. The Hall–Kier alpha value is -1.02. The van der Waals surface area contributed by atoms with E-state index in [0.717, 1.165) is 0 Å². The second-order valence-corrected chi connectivity index (χ2v) is 1.63. The van der Waals surface area contributed by atoms with Crippen LogP contribution in [0.4, 0.5) is 5.69 Å². The molecule has 1 aromatic carbocycles. The number of hydrogen-bond donors (Lipinski definition) is 2. The van der Waals surface area contributed by atoms with Gasteiger partial charge in [-0.15, -0.1) is 0 Å². The van der Waals surface area contributed by atoms with E-state index < -0.39 is 0 Å². The molecule has 0 spiro atoms. The molecular formula is C6H8NO+. The fourth-order valence-electron chi connectivity index (χ4n) is 0.511. The fraction of sp³-hybridized carbons (Fsp3) is 0. The second-order valence-electron chi connectivity index (χ2n) is 1.63. The molecule has 2 nitrogen and oxygen atoms in total. The van der Waals surface area contributed by atoms with Gasteiger partial charge in [-0.1, -0.05) is 12.1 Å². The molecule has 0 aliphatic rings. The number of benzene rings is 1. The molecule has 1 rings (SSSR count). The van der Waals surface area contributed by atoms with E-state index in [1.165, 1.54) is 0 Å². The molecule has 0 aliphatic carbocycles. The Kier molecular flexibility index (Phi) is 1.18. The van der Waals surface area contributed by atoms with Crippen LogP contribution in [-0.4, -0.2) is 5.11 Å². The molecule has 1 aromatic rings. The number of hydrogen-bond acceptors (Lipinski definition) is 1. The largest absolute Gasteiger partial charge is 0.503 e. The van der Waals surface area contributed by atoms with Crippen molar-refractivity contribution in [2.75, 3.05) is 0 Å². The lowest BCUT2D eigenvalue weighted by Gasteiger charge is -1.88. The van der Waals surface area contributed by atoms with Crippen LogP contribution in [0, 0.1) is 0 Å². The van der Waals surface area contributed by atoms with E-state index in [4.69, 9.17) is 5.11 Å². The molecule has 0 saturated carbocycles. The van der Waals surface area contributed by atoms with Gasteiger partial charge in [0.25, 0.3) is 0 Å². The van der Waals surface area contributed by atoms with Crippen LogP contribution < -0.4 is 5.73 Å². The zero-order valence-corrected chi connectivity index (χ0v) is 4.46. The second kappa shape index (κ2) is 1.84. The molecular weight excluding hydrogens is 102 g/mol. The first kappa shape index (κ1) is 5.12. The van der Waals surface area contributed by atoms with Gasteiger partial charge in [-0.2, -0.15) is 0 Å². The molecule has 0 unspecified atom stereocenters. The van der Waals surface area contributed by atoms with E-state index in [1.807, 2.05) is 6.07 Å². The van der Waals surface area contributed by atoms with Crippen molar-refractivity contribution in [1.82, 2.24) is 0 Å². The summed E-state index contributed by atoms with van der Waals surface area (Å²) in [4.78, 5) is 0. The summed E-state index contributed by atoms with van der Waals surface area (Å²) in [5, 5.41) is 8.86. The quantitative estimate of drug-likeness (QED) is 0.494. The minimum absolute atomic E-state index is 0.257. The first-order valence-electron chi connectivity index (χ1n) is 2.40. The summed E-state index contributed by atoms with van der Waals surface area (Å²) in [6.07, 6.45) is 0. The monoisotopic (exact) mass is 110 g/mol. The van der Waals surface area contributed by atoms with Crippen LogP contribution >= 0.6 is 0 Å². The van der Waals surface area contributed by atoms with Crippen LogP contribution in [0.15, 0.2) is 24.3 Å². The van der Waals surface area contributed by atoms with Crippen LogP contribution in [0.25, 0.3) is 0 Å². The highest BCUT2D eigenvalue weighted by Crippen LogP contribution is 2.14. The first-order valence-corrected chi connectivity index (χ1v) is 2.40.